The Hall–Kier alpha value is -2.62. The van der Waals surface area contributed by atoms with Crippen molar-refractivity contribution in [3.05, 3.63) is 65.7 Å². The van der Waals surface area contributed by atoms with Crippen LogP contribution in [0.1, 0.15) is 34.8 Å². The molecule has 26 heavy (non-hydrogen) atoms. The van der Waals surface area contributed by atoms with Crippen LogP contribution in [-0.2, 0) is 10.0 Å². The molecule has 0 radical (unpaired) electrons. The van der Waals surface area contributed by atoms with Gasteiger partial charge in [-0.2, -0.15) is 4.72 Å². The van der Waals surface area contributed by atoms with E-state index in [4.69, 9.17) is 6.42 Å². The molecule has 1 unspecified atom stereocenters. The molecule has 0 heterocycles. The fraction of sp³-hybridized carbons (Fsp3) is 0.250. The molecular formula is C20H20N2O3S. The van der Waals surface area contributed by atoms with Gasteiger partial charge in [-0.05, 0) is 42.5 Å². The van der Waals surface area contributed by atoms with Gasteiger partial charge in [0.2, 0.25) is 10.0 Å². The number of benzene rings is 2. The van der Waals surface area contributed by atoms with Gasteiger partial charge in [0.15, 0.2) is 0 Å². The highest BCUT2D eigenvalue weighted by Gasteiger charge is 2.33. The third-order valence-corrected chi connectivity index (χ3v) is 5.71. The summed E-state index contributed by atoms with van der Waals surface area (Å²) in [6.45, 7) is -0.101. The lowest BCUT2D eigenvalue weighted by Gasteiger charge is -2.19. The molecule has 0 aliphatic heterocycles. The first kappa shape index (κ1) is 18.2. The molecule has 1 atom stereocenters. The zero-order valence-corrected chi connectivity index (χ0v) is 15.0. The van der Waals surface area contributed by atoms with Crippen LogP contribution >= 0.6 is 0 Å². The van der Waals surface area contributed by atoms with Crippen molar-refractivity contribution in [2.75, 3.05) is 6.54 Å². The van der Waals surface area contributed by atoms with E-state index in [-0.39, 0.29) is 23.4 Å². The summed E-state index contributed by atoms with van der Waals surface area (Å²) in [6, 6.07) is 15.7. The molecule has 1 amide bonds. The second-order valence-electron chi connectivity index (χ2n) is 6.26. The van der Waals surface area contributed by atoms with Crippen molar-refractivity contribution >= 4 is 15.9 Å². The normalized spacial score (nSPS) is 15.0. The average molecular weight is 368 g/mol. The Kier molecular flexibility index (Phi) is 5.40. The first-order valence-electron chi connectivity index (χ1n) is 8.40. The van der Waals surface area contributed by atoms with Crippen LogP contribution in [0.4, 0.5) is 0 Å². The minimum Gasteiger partial charge on any atom is -0.345 e. The van der Waals surface area contributed by atoms with E-state index in [0.717, 1.165) is 18.4 Å². The smallest absolute Gasteiger partial charge is 0.251 e. The van der Waals surface area contributed by atoms with E-state index in [9.17, 15) is 13.2 Å². The first-order chi connectivity index (χ1) is 12.5. The van der Waals surface area contributed by atoms with E-state index in [1.807, 2.05) is 30.3 Å². The molecule has 134 valence electrons. The summed E-state index contributed by atoms with van der Waals surface area (Å²) in [5.74, 6) is 2.35. The van der Waals surface area contributed by atoms with Crippen molar-refractivity contribution in [1.29, 1.82) is 0 Å². The molecule has 2 aromatic rings. The van der Waals surface area contributed by atoms with Gasteiger partial charge in [0.05, 0.1) is 17.5 Å². The number of rotatable bonds is 7. The highest BCUT2D eigenvalue weighted by molar-refractivity contribution is 7.89. The molecule has 1 fully saturated rings. The Bertz CT molecular complexity index is 929. The number of hydrogen-bond donors (Lipinski definition) is 2. The monoisotopic (exact) mass is 368 g/mol. The van der Waals surface area contributed by atoms with Crippen LogP contribution in [0.3, 0.4) is 0 Å². The van der Waals surface area contributed by atoms with Crippen molar-refractivity contribution in [2.45, 2.75) is 23.8 Å². The van der Waals surface area contributed by atoms with Crippen molar-refractivity contribution < 1.29 is 13.2 Å². The highest BCUT2D eigenvalue weighted by Crippen LogP contribution is 2.41. The van der Waals surface area contributed by atoms with E-state index in [0.29, 0.717) is 11.5 Å². The fourth-order valence-electron chi connectivity index (χ4n) is 2.81. The van der Waals surface area contributed by atoms with Crippen LogP contribution in [0, 0.1) is 18.3 Å². The average Bonchev–Trinajstić information content (AvgIpc) is 3.50. The SMILES string of the molecule is C#CCNS(=O)(=O)c1cccc(C(=O)NC(c2ccccc2)C2CC2)c1. The van der Waals surface area contributed by atoms with E-state index in [1.54, 1.807) is 12.1 Å². The summed E-state index contributed by atoms with van der Waals surface area (Å²) < 4.78 is 26.7. The molecule has 3 rings (SSSR count). The quantitative estimate of drug-likeness (QED) is 0.737. The van der Waals surface area contributed by atoms with Gasteiger partial charge in [0, 0.05) is 5.56 Å². The molecule has 0 spiro atoms. The summed E-state index contributed by atoms with van der Waals surface area (Å²) in [6.07, 6.45) is 7.24. The maximum atomic E-state index is 12.7. The number of nitrogens with one attached hydrogen (secondary N) is 2. The van der Waals surface area contributed by atoms with Crippen molar-refractivity contribution in [3.8, 4) is 12.3 Å². The molecular weight excluding hydrogens is 348 g/mol. The Balaban J connectivity index is 1.80. The third-order valence-electron chi connectivity index (χ3n) is 4.31. The zero-order chi connectivity index (χ0) is 18.6. The Morgan fingerprint density at radius 1 is 1.15 bits per heavy atom. The second kappa shape index (κ2) is 7.73. The van der Waals surface area contributed by atoms with Gasteiger partial charge in [0.25, 0.3) is 5.91 Å². The van der Waals surface area contributed by atoms with Crippen LogP contribution in [0.25, 0.3) is 0 Å². The molecule has 2 aromatic carbocycles. The molecule has 0 bridgehead atoms. The summed E-state index contributed by atoms with van der Waals surface area (Å²) in [4.78, 5) is 12.7. The summed E-state index contributed by atoms with van der Waals surface area (Å²) >= 11 is 0. The summed E-state index contributed by atoms with van der Waals surface area (Å²) in [7, 11) is -3.74. The number of terminal acetylenes is 1. The molecule has 6 heteroatoms. The topological polar surface area (TPSA) is 75.3 Å². The molecule has 1 saturated carbocycles. The molecule has 0 aromatic heterocycles. The number of amides is 1. The van der Waals surface area contributed by atoms with Crippen molar-refractivity contribution in [2.24, 2.45) is 5.92 Å². The minimum absolute atomic E-state index is 0.0167. The number of sulfonamides is 1. The second-order valence-corrected chi connectivity index (χ2v) is 8.02. The molecule has 2 N–H and O–H groups in total. The van der Waals surface area contributed by atoms with E-state index in [2.05, 4.69) is 16.0 Å². The van der Waals surface area contributed by atoms with Crippen LogP contribution in [-0.4, -0.2) is 20.9 Å². The van der Waals surface area contributed by atoms with Crippen molar-refractivity contribution in [1.82, 2.24) is 10.0 Å². The van der Waals surface area contributed by atoms with Gasteiger partial charge in [-0.1, -0.05) is 42.3 Å². The fourth-order valence-corrected chi connectivity index (χ4v) is 3.79. The predicted molar refractivity (Wildman–Crippen MR) is 99.8 cm³/mol. The standard InChI is InChI=1S/C20H20N2O3S/c1-2-13-21-26(24,25)18-10-6-9-17(14-18)20(23)22-19(16-11-12-16)15-7-4-3-5-8-15/h1,3-10,14,16,19,21H,11-13H2,(H,22,23). The van der Waals surface area contributed by atoms with Gasteiger partial charge in [-0.3, -0.25) is 4.79 Å². The van der Waals surface area contributed by atoms with E-state index in [1.165, 1.54) is 12.1 Å². The number of hydrogen-bond acceptors (Lipinski definition) is 3. The Morgan fingerprint density at radius 2 is 1.88 bits per heavy atom. The van der Waals surface area contributed by atoms with Crippen molar-refractivity contribution in [3.63, 3.8) is 0 Å². The maximum absolute atomic E-state index is 12.7. The lowest BCUT2D eigenvalue weighted by molar-refractivity contribution is 0.0931. The van der Waals surface area contributed by atoms with E-state index < -0.39 is 10.0 Å². The molecule has 1 aliphatic carbocycles. The van der Waals surface area contributed by atoms with Gasteiger partial charge in [-0.15, -0.1) is 6.42 Å². The van der Waals surface area contributed by atoms with E-state index >= 15 is 0 Å². The molecule has 0 saturated heterocycles. The van der Waals surface area contributed by atoms with Crippen LogP contribution < -0.4 is 10.0 Å². The summed E-state index contributed by atoms with van der Waals surface area (Å²) in [5, 5.41) is 3.05. The lowest BCUT2D eigenvalue weighted by atomic mass is 10.0. The Labute approximate surface area is 153 Å². The summed E-state index contributed by atoms with van der Waals surface area (Å²) in [5.41, 5.74) is 1.36. The predicted octanol–water partition coefficient (Wildman–Crippen LogP) is 2.48. The largest absolute Gasteiger partial charge is 0.345 e. The number of carbonyl (C=O) groups excluding carboxylic acids is 1. The minimum atomic E-state index is -3.74. The Morgan fingerprint density at radius 3 is 2.54 bits per heavy atom. The maximum Gasteiger partial charge on any atom is 0.251 e. The van der Waals surface area contributed by atoms with Gasteiger partial charge in [-0.25, -0.2) is 8.42 Å². The van der Waals surface area contributed by atoms with Crippen LogP contribution in [0.5, 0.6) is 0 Å². The molecule has 1 aliphatic rings. The third kappa shape index (κ3) is 4.31. The van der Waals surface area contributed by atoms with Gasteiger partial charge >= 0.3 is 0 Å². The highest BCUT2D eigenvalue weighted by atomic mass is 32.2. The lowest BCUT2D eigenvalue weighted by Crippen LogP contribution is -2.30. The number of carbonyl (C=O) groups is 1. The molecule has 5 nitrogen and oxygen atoms in total. The zero-order valence-electron chi connectivity index (χ0n) is 14.2. The van der Waals surface area contributed by atoms with Gasteiger partial charge in [0.1, 0.15) is 0 Å². The first-order valence-corrected chi connectivity index (χ1v) is 9.88. The van der Waals surface area contributed by atoms with Gasteiger partial charge < -0.3 is 5.32 Å². The van der Waals surface area contributed by atoms with Crippen LogP contribution in [0.15, 0.2) is 59.5 Å². The van der Waals surface area contributed by atoms with Crippen LogP contribution in [0.2, 0.25) is 0 Å².